The molecule has 0 saturated heterocycles. The van der Waals surface area contributed by atoms with E-state index < -0.39 is 0 Å². The molecule has 0 fully saturated rings. The van der Waals surface area contributed by atoms with Gasteiger partial charge in [-0.1, -0.05) is 13.8 Å². The molecule has 2 N–H and O–H groups in total. The van der Waals surface area contributed by atoms with Gasteiger partial charge in [0, 0.05) is 30.6 Å². The van der Waals surface area contributed by atoms with E-state index in [4.69, 9.17) is 5.73 Å². The van der Waals surface area contributed by atoms with Gasteiger partial charge in [0.25, 0.3) is 0 Å². The van der Waals surface area contributed by atoms with Gasteiger partial charge < -0.3 is 5.73 Å². The minimum Gasteiger partial charge on any atom is -0.330 e. The van der Waals surface area contributed by atoms with Gasteiger partial charge in [-0.25, -0.2) is 9.97 Å². The van der Waals surface area contributed by atoms with Crippen LogP contribution in [0.2, 0.25) is 0 Å². The summed E-state index contributed by atoms with van der Waals surface area (Å²) in [5, 5.41) is 0. The third kappa shape index (κ3) is 3.11. The normalized spacial score (nSPS) is 11.5. The van der Waals surface area contributed by atoms with Gasteiger partial charge in [-0.3, -0.25) is 4.98 Å². The van der Waals surface area contributed by atoms with Crippen LogP contribution < -0.4 is 5.73 Å². The van der Waals surface area contributed by atoms with E-state index in [0.29, 0.717) is 6.54 Å². The Morgan fingerprint density at radius 2 is 1.83 bits per heavy atom. The van der Waals surface area contributed by atoms with Crippen LogP contribution in [-0.4, -0.2) is 21.5 Å². The average Bonchev–Trinajstić information content (AvgIpc) is 2.40. The zero-order chi connectivity index (χ0) is 13.0. The van der Waals surface area contributed by atoms with Crippen molar-refractivity contribution in [3.05, 3.63) is 42.6 Å². The number of nitrogens with zero attached hydrogens (tertiary/aromatic N) is 3. The van der Waals surface area contributed by atoms with Crippen molar-refractivity contribution >= 4 is 0 Å². The average molecular weight is 242 g/mol. The van der Waals surface area contributed by atoms with Crippen molar-refractivity contribution in [3.63, 3.8) is 0 Å². The molecule has 0 aliphatic rings. The lowest BCUT2D eigenvalue weighted by Crippen LogP contribution is -2.26. The molecule has 0 bridgehead atoms. The summed E-state index contributed by atoms with van der Waals surface area (Å²) in [5.41, 5.74) is 7.75. The number of rotatable bonds is 4. The lowest BCUT2D eigenvalue weighted by atomic mass is 9.89. The number of pyridine rings is 1. The Hall–Kier alpha value is -1.81. The topological polar surface area (TPSA) is 64.7 Å². The maximum Gasteiger partial charge on any atom is 0.129 e. The fourth-order valence-electron chi connectivity index (χ4n) is 1.67. The quantitative estimate of drug-likeness (QED) is 0.891. The molecule has 0 unspecified atom stereocenters. The van der Waals surface area contributed by atoms with Gasteiger partial charge in [0.05, 0.1) is 5.69 Å². The fourth-order valence-corrected chi connectivity index (χ4v) is 1.67. The van der Waals surface area contributed by atoms with E-state index in [0.717, 1.165) is 23.5 Å². The number of nitrogens with two attached hydrogens (primary N) is 1. The summed E-state index contributed by atoms with van der Waals surface area (Å²) in [6, 6.07) is 5.80. The van der Waals surface area contributed by atoms with Crippen molar-refractivity contribution < 1.29 is 0 Å². The lowest BCUT2D eigenvalue weighted by Gasteiger charge is -2.21. The van der Waals surface area contributed by atoms with Gasteiger partial charge in [0.2, 0.25) is 0 Å². The molecule has 2 heterocycles. The Labute approximate surface area is 107 Å². The van der Waals surface area contributed by atoms with E-state index in [2.05, 4.69) is 28.8 Å². The minimum absolute atomic E-state index is 0.0247. The van der Waals surface area contributed by atoms with Gasteiger partial charge in [-0.15, -0.1) is 0 Å². The van der Waals surface area contributed by atoms with E-state index in [-0.39, 0.29) is 5.41 Å². The van der Waals surface area contributed by atoms with Crippen molar-refractivity contribution in [1.29, 1.82) is 0 Å². The molecule has 0 aliphatic heterocycles. The summed E-state index contributed by atoms with van der Waals surface area (Å²) >= 11 is 0. The molecule has 0 aliphatic carbocycles. The van der Waals surface area contributed by atoms with Crippen LogP contribution in [-0.2, 0) is 6.42 Å². The number of aromatic nitrogens is 3. The van der Waals surface area contributed by atoms with E-state index in [1.54, 1.807) is 18.6 Å². The van der Waals surface area contributed by atoms with Crippen molar-refractivity contribution in [1.82, 2.24) is 15.0 Å². The highest BCUT2D eigenvalue weighted by Crippen LogP contribution is 2.20. The zero-order valence-corrected chi connectivity index (χ0v) is 10.8. The molecular formula is C14H18N4. The molecule has 4 heteroatoms. The third-order valence-corrected chi connectivity index (χ3v) is 2.87. The first-order valence-corrected chi connectivity index (χ1v) is 6.03. The van der Waals surface area contributed by atoms with E-state index in [9.17, 15) is 0 Å². The maximum atomic E-state index is 5.74. The van der Waals surface area contributed by atoms with Crippen LogP contribution in [0.15, 0.2) is 36.8 Å². The minimum atomic E-state index is 0.0247. The van der Waals surface area contributed by atoms with Crippen LogP contribution in [0.3, 0.4) is 0 Å². The van der Waals surface area contributed by atoms with Crippen LogP contribution in [0.5, 0.6) is 0 Å². The summed E-state index contributed by atoms with van der Waals surface area (Å²) in [6.45, 7) is 4.86. The fraction of sp³-hybridized carbons (Fsp3) is 0.357. The Morgan fingerprint density at radius 1 is 1.11 bits per heavy atom. The van der Waals surface area contributed by atoms with E-state index in [1.165, 1.54) is 0 Å². The Balaban J connectivity index is 2.26. The van der Waals surface area contributed by atoms with Crippen molar-refractivity contribution in [3.8, 4) is 11.3 Å². The first-order valence-electron chi connectivity index (χ1n) is 6.03. The van der Waals surface area contributed by atoms with Crippen molar-refractivity contribution in [2.45, 2.75) is 20.3 Å². The summed E-state index contributed by atoms with van der Waals surface area (Å²) in [4.78, 5) is 12.9. The molecule has 0 spiro atoms. The second-order valence-corrected chi connectivity index (χ2v) is 5.14. The highest BCUT2D eigenvalue weighted by molar-refractivity contribution is 5.57. The third-order valence-electron chi connectivity index (χ3n) is 2.87. The van der Waals surface area contributed by atoms with Gasteiger partial charge >= 0.3 is 0 Å². The molecule has 94 valence electrons. The van der Waals surface area contributed by atoms with Crippen LogP contribution in [0, 0.1) is 5.41 Å². The van der Waals surface area contributed by atoms with E-state index in [1.807, 2.05) is 18.2 Å². The van der Waals surface area contributed by atoms with Crippen molar-refractivity contribution in [2.24, 2.45) is 11.1 Å². The second kappa shape index (κ2) is 5.23. The molecule has 0 aromatic carbocycles. The predicted molar refractivity (Wildman–Crippen MR) is 71.8 cm³/mol. The SMILES string of the molecule is CC(C)(CN)Cc1nccc(-c2ccncc2)n1. The van der Waals surface area contributed by atoms with Crippen LogP contribution >= 0.6 is 0 Å². The molecule has 4 nitrogen and oxygen atoms in total. The molecule has 2 aromatic heterocycles. The Morgan fingerprint density at radius 3 is 2.50 bits per heavy atom. The number of hydrogen-bond donors (Lipinski definition) is 1. The summed E-state index contributed by atoms with van der Waals surface area (Å²) in [5.74, 6) is 0.833. The Kier molecular flexibility index (Phi) is 3.67. The van der Waals surface area contributed by atoms with Gasteiger partial charge in [-0.2, -0.15) is 0 Å². The molecule has 18 heavy (non-hydrogen) atoms. The standard InChI is InChI=1S/C14H18N4/c1-14(2,10-15)9-13-17-8-5-12(18-13)11-3-6-16-7-4-11/h3-8H,9-10,15H2,1-2H3. The maximum absolute atomic E-state index is 5.74. The molecule has 2 aromatic rings. The smallest absolute Gasteiger partial charge is 0.129 e. The summed E-state index contributed by atoms with van der Waals surface area (Å²) in [7, 11) is 0. The second-order valence-electron chi connectivity index (χ2n) is 5.14. The molecule has 0 amide bonds. The zero-order valence-electron chi connectivity index (χ0n) is 10.8. The number of hydrogen-bond acceptors (Lipinski definition) is 4. The van der Waals surface area contributed by atoms with Gasteiger partial charge in [-0.05, 0) is 30.2 Å². The molecule has 2 rings (SSSR count). The lowest BCUT2D eigenvalue weighted by molar-refractivity contribution is 0.368. The molecule has 0 radical (unpaired) electrons. The summed E-state index contributed by atoms with van der Waals surface area (Å²) < 4.78 is 0. The van der Waals surface area contributed by atoms with E-state index >= 15 is 0 Å². The van der Waals surface area contributed by atoms with Crippen LogP contribution in [0.1, 0.15) is 19.7 Å². The summed E-state index contributed by atoms with van der Waals surface area (Å²) in [6.07, 6.45) is 6.11. The highest BCUT2D eigenvalue weighted by atomic mass is 14.9. The molecule has 0 saturated carbocycles. The predicted octanol–water partition coefficient (Wildman–Crippen LogP) is 2.07. The Bertz CT molecular complexity index is 508. The van der Waals surface area contributed by atoms with Crippen LogP contribution in [0.25, 0.3) is 11.3 Å². The largest absolute Gasteiger partial charge is 0.330 e. The van der Waals surface area contributed by atoms with Crippen LogP contribution in [0.4, 0.5) is 0 Å². The first-order chi connectivity index (χ1) is 8.61. The molecular weight excluding hydrogens is 224 g/mol. The van der Waals surface area contributed by atoms with Crippen molar-refractivity contribution in [2.75, 3.05) is 6.54 Å². The monoisotopic (exact) mass is 242 g/mol. The van der Waals surface area contributed by atoms with Gasteiger partial charge in [0.1, 0.15) is 5.82 Å². The highest BCUT2D eigenvalue weighted by Gasteiger charge is 2.18. The molecule has 0 atom stereocenters. The first kappa shape index (κ1) is 12.6. The van der Waals surface area contributed by atoms with Gasteiger partial charge in [0.15, 0.2) is 0 Å².